The third kappa shape index (κ3) is 3.43. The van der Waals surface area contributed by atoms with E-state index in [0.717, 1.165) is 0 Å². The van der Waals surface area contributed by atoms with Crippen LogP contribution in [0.5, 0.6) is 0 Å². The van der Waals surface area contributed by atoms with Gasteiger partial charge in [0.1, 0.15) is 0 Å². The van der Waals surface area contributed by atoms with Crippen LogP contribution in [0.15, 0.2) is 25.0 Å². The van der Waals surface area contributed by atoms with Crippen molar-refractivity contribution in [3.8, 4) is 0 Å². The van der Waals surface area contributed by atoms with E-state index >= 15 is 0 Å². The minimum Gasteiger partial charge on any atom is -0.477 e. The van der Waals surface area contributed by atoms with Gasteiger partial charge in [-0.3, -0.25) is 5.73 Å². The van der Waals surface area contributed by atoms with Crippen LogP contribution >= 0.6 is 0 Å². The zero-order chi connectivity index (χ0) is 6.57. The zero-order valence-electron chi connectivity index (χ0n) is 5.05. The normalized spacial score (nSPS) is 12.2. The third-order valence-electron chi connectivity index (χ3n) is 0.570. The van der Waals surface area contributed by atoms with E-state index in [9.17, 15) is 0 Å². The lowest BCUT2D eigenvalue weighted by atomic mass is 10.5. The minimum absolute atomic E-state index is 0.410. The Hall–Kier alpha value is -0.760. The van der Waals surface area contributed by atoms with Crippen molar-refractivity contribution in [3.63, 3.8) is 0 Å². The van der Waals surface area contributed by atoms with E-state index in [0.29, 0.717) is 5.76 Å². The molecule has 0 fully saturated rings. The summed E-state index contributed by atoms with van der Waals surface area (Å²) in [6, 6.07) is 0. The first-order valence-corrected chi connectivity index (χ1v) is 2.37. The topological polar surface area (TPSA) is 35.2 Å². The largest absolute Gasteiger partial charge is 0.477 e. The number of hydrogen-bond donors (Lipinski definition) is 1. The highest BCUT2D eigenvalue weighted by atomic mass is 16.5. The first kappa shape index (κ1) is 7.24. The van der Waals surface area contributed by atoms with Crippen LogP contribution in [0.1, 0.15) is 6.92 Å². The molecule has 0 bridgehead atoms. The molecule has 8 heavy (non-hydrogen) atoms. The SMILES string of the molecule is C=CC(N)OC(=C)C. The van der Waals surface area contributed by atoms with Crippen LogP contribution < -0.4 is 5.73 Å². The summed E-state index contributed by atoms with van der Waals surface area (Å²) in [7, 11) is 0. The monoisotopic (exact) mass is 113 g/mol. The highest BCUT2D eigenvalue weighted by molar-refractivity contribution is 4.82. The van der Waals surface area contributed by atoms with Gasteiger partial charge in [-0.1, -0.05) is 13.2 Å². The Morgan fingerprint density at radius 2 is 2.38 bits per heavy atom. The predicted octanol–water partition coefficient (Wildman–Crippen LogP) is 1.01. The lowest BCUT2D eigenvalue weighted by Gasteiger charge is -2.07. The average Bonchev–Trinajstić information content (AvgIpc) is 1.65. The smallest absolute Gasteiger partial charge is 0.166 e. The van der Waals surface area contributed by atoms with Gasteiger partial charge < -0.3 is 4.74 Å². The molecule has 0 aromatic heterocycles. The van der Waals surface area contributed by atoms with Crippen molar-refractivity contribution >= 4 is 0 Å². The Morgan fingerprint density at radius 3 is 2.50 bits per heavy atom. The molecule has 0 saturated heterocycles. The standard InChI is InChI=1S/C6H11NO/c1-4-6(7)8-5(2)3/h4,6H,1-2,7H2,3H3. The van der Waals surface area contributed by atoms with Crippen LogP contribution in [-0.2, 0) is 4.74 Å². The van der Waals surface area contributed by atoms with Crippen molar-refractivity contribution in [2.45, 2.75) is 13.2 Å². The summed E-state index contributed by atoms with van der Waals surface area (Å²) < 4.78 is 4.86. The predicted molar refractivity (Wildman–Crippen MR) is 34.1 cm³/mol. The van der Waals surface area contributed by atoms with Gasteiger partial charge in [-0.15, -0.1) is 0 Å². The van der Waals surface area contributed by atoms with E-state index in [1.54, 1.807) is 6.92 Å². The number of hydrogen-bond acceptors (Lipinski definition) is 2. The molecule has 0 aliphatic carbocycles. The summed E-state index contributed by atoms with van der Waals surface area (Å²) >= 11 is 0. The van der Waals surface area contributed by atoms with Crippen molar-refractivity contribution in [1.29, 1.82) is 0 Å². The summed E-state index contributed by atoms with van der Waals surface area (Å²) in [5, 5.41) is 0. The summed E-state index contributed by atoms with van der Waals surface area (Å²) in [6.07, 6.45) is 1.10. The fourth-order valence-corrected chi connectivity index (χ4v) is 0.280. The Morgan fingerprint density at radius 1 is 1.88 bits per heavy atom. The van der Waals surface area contributed by atoms with Crippen LogP contribution in [0.25, 0.3) is 0 Å². The van der Waals surface area contributed by atoms with Gasteiger partial charge in [0.2, 0.25) is 0 Å². The van der Waals surface area contributed by atoms with Crippen molar-refractivity contribution in [1.82, 2.24) is 0 Å². The van der Waals surface area contributed by atoms with Gasteiger partial charge in [0.15, 0.2) is 6.23 Å². The molecule has 0 saturated carbocycles. The molecule has 0 aromatic rings. The lowest BCUT2D eigenvalue weighted by Crippen LogP contribution is -2.18. The van der Waals surface area contributed by atoms with Crippen molar-refractivity contribution in [2.24, 2.45) is 5.73 Å². The average molecular weight is 113 g/mol. The van der Waals surface area contributed by atoms with E-state index in [2.05, 4.69) is 13.2 Å². The van der Waals surface area contributed by atoms with Gasteiger partial charge in [-0.2, -0.15) is 0 Å². The summed E-state index contributed by atoms with van der Waals surface area (Å²) in [4.78, 5) is 0. The highest BCUT2D eigenvalue weighted by Crippen LogP contribution is 1.92. The molecule has 0 spiro atoms. The molecule has 0 aromatic carbocycles. The molecule has 2 heteroatoms. The molecule has 1 atom stereocenters. The Labute approximate surface area is 49.6 Å². The van der Waals surface area contributed by atoms with Gasteiger partial charge in [0.05, 0.1) is 5.76 Å². The first-order chi connectivity index (χ1) is 3.66. The van der Waals surface area contributed by atoms with Gasteiger partial charge >= 0.3 is 0 Å². The maximum atomic E-state index is 5.27. The molecule has 0 rings (SSSR count). The molecule has 1 unspecified atom stereocenters. The van der Waals surface area contributed by atoms with Crippen LogP contribution in [0.4, 0.5) is 0 Å². The highest BCUT2D eigenvalue weighted by Gasteiger charge is 1.91. The molecule has 0 aliphatic heterocycles. The molecule has 2 N–H and O–H groups in total. The second-order valence-corrected chi connectivity index (χ2v) is 1.52. The Bertz CT molecular complexity index is 98.7. The second-order valence-electron chi connectivity index (χ2n) is 1.52. The molecular formula is C6H11NO. The summed E-state index contributed by atoms with van der Waals surface area (Å²) in [5.41, 5.74) is 5.27. The number of nitrogens with two attached hydrogens (primary N) is 1. The Kier molecular flexibility index (Phi) is 2.96. The van der Waals surface area contributed by atoms with Crippen molar-refractivity contribution in [2.75, 3.05) is 0 Å². The van der Waals surface area contributed by atoms with Crippen LogP contribution in [0, 0.1) is 0 Å². The number of allylic oxidation sites excluding steroid dienone is 1. The van der Waals surface area contributed by atoms with Gasteiger partial charge in [0.25, 0.3) is 0 Å². The van der Waals surface area contributed by atoms with Crippen molar-refractivity contribution in [3.05, 3.63) is 25.0 Å². The zero-order valence-corrected chi connectivity index (χ0v) is 5.05. The van der Waals surface area contributed by atoms with E-state index < -0.39 is 6.23 Å². The molecule has 0 radical (unpaired) electrons. The number of rotatable bonds is 3. The Balaban J connectivity index is 3.38. The van der Waals surface area contributed by atoms with Gasteiger partial charge in [-0.05, 0) is 13.0 Å². The molecule has 0 amide bonds. The molecular weight excluding hydrogens is 102 g/mol. The van der Waals surface area contributed by atoms with E-state index in [1.807, 2.05) is 0 Å². The molecule has 0 aliphatic rings. The fraction of sp³-hybridized carbons (Fsp3) is 0.333. The quantitative estimate of drug-likeness (QED) is 0.337. The third-order valence-corrected chi connectivity index (χ3v) is 0.570. The molecule has 0 heterocycles. The van der Waals surface area contributed by atoms with E-state index in [4.69, 9.17) is 10.5 Å². The minimum atomic E-state index is -0.410. The van der Waals surface area contributed by atoms with E-state index in [-0.39, 0.29) is 0 Å². The van der Waals surface area contributed by atoms with Crippen LogP contribution in [0.2, 0.25) is 0 Å². The summed E-state index contributed by atoms with van der Waals surface area (Å²) in [6.45, 7) is 8.66. The van der Waals surface area contributed by atoms with Gasteiger partial charge in [0, 0.05) is 0 Å². The maximum Gasteiger partial charge on any atom is 0.166 e. The molecule has 2 nitrogen and oxygen atoms in total. The number of ether oxygens (including phenoxy) is 1. The van der Waals surface area contributed by atoms with E-state index in [1.165, 1.54) is 6.08 Å². The maximum absolute atomic E-state index is 5.27. The first-order valence-electron chi connectivity index (χ1n) is 2.37. The second kappa shape index (κ2) is 3.27. The van der Waals surface area contributed by atoms with Crippen LogP contribution in [-0.4, -0.2) is 6.23 Å². The van der Waals surface area contributed by atoms with Crippen LogP contribution in [0.3, 0.4) is 0 Å². The fourth-order valence-electron chi connectivity index (χ4n) is 0.280. The van der Waals surface area contributed by atoms with Gasteiger partial charge in [-0.25, -0.2) is 0 Å². The van der Waals surface area contributed by atoms with Crippen molar-refractivity contribution < 1.29 is 4.74 Å². The molecule has 46 valence electrons. The summed E-state index contributed by atoms with van der Waals surface area (Å²) in [5.74, 6) is 0.609. The lowest BCUT2D eigenvalue weighted by molar-refractivity contribution is 0.164.